The van der Waals surface area contributed by atoms with Gasteiger partial charge in [0, 0.05) is 64.4 Å². The predicted molar refractivity (Wildman–Crippen MR) is 163 cm³/mol. The highest BCUT2D eigenvalue weighted by molar-refractivity contribution is 7.90. The van der Waals surface area contributed by atoms with Crippen molar-refractivity contribution in [2.75, 3.05) is 31.5 Å². The zero-order valence-corrected chi connectivity index (χ0v) is 25.5. The Morgan fingerprint density at radius 3 is 2.60 bits per heavy atom. The fourth-order valence-corrected chi connectivity index (χ4v) is 7.50. The number of likely N-dealkylation sites (tertiary alicyclic amines) is 1. The molecular formula is C30H31Cl2FN4O4S. The number of carbonyl (C=O) groups excluding carboxylic acids is 2. The highest BCUT2D eigenvalue weighted by Crippen LogP contribution is 2.37. The van der Waals surface area contributed by atoms with E-state index in [0.717, 1.165) is 16.8 Å². The number of hydrogen-bond donors (Lipinski definition) is 3. The summed E-state index contributed by atoms with van der Waals surface area (Å²) in [4.78, 5) is 30.9. The Bertz CT molecular complexity index is 1680. The number of hydrogen-bond acceptors (Lipinski definition) is 5. The largest absolute Gasteiger partial charge is 0.359 e. The van der Waals surface area contributed by atoms with E-state index in [0.29, 0.717) is 60.7 Å². The minimum atomic E-state index is -3.84. The first-order valence-electron chi connectivity index (χ1n) is 13.6. The smallest absolute Gasteiger partial charge is 0.256 e. The Morgan fingerprint density at radius 1 is 1.17 bits per heavy atom. The van der Waals surface area contributed by atoms with Crippen molar-refractivity contribution >= 4 is 62.2 Å². The van der Waals surface area contributed by atoms with Gasteiger partial charge < -0.3 is 15.6 Å². The molecule has 3 heterocycles. The lowest BCUT2D eigenvalue weighted by Gasteiger charge is -2.14. The molecule has 0 saturated carbocycles. The van der Waals surface area contributed by atoms with Crippen LogP contribution in [0.4, 0.5) is 10.1 Å². The number of sulfone groups is 1. The molecule has 2 aliphatic heterocycles. The molecule has 2 aliphatic rings. The van der Waals surface area contributed by atoms with Gasteiger partial charge in [0.1, 0.15) is 6.17 Å². The van der Waals surface area contributed by atoms with Crippen molar-refractivity contribution in [3.8, 4) is 0 Å². The normalized spacial score (nSPS) is 18.0. The van der Waals surface area contributed by atoms with Crippen LogP contribution in [-0.2, 0) is 31.6 Å². The Balaban J connectivity index is 1.34. The fourth-order valence-electron chi connectivity index (χ4n) is 5.38. The van der Waals surface area contributed by atoms with E-state index in [1.807, 2.05) is 18.7 Å². The summed E-state index contributed by atoms with van der Waals surface area (Å²) in [6.07, 6.45) is 1.56. The number of halogens is 3. The van der Waals surface area contributed by atoms with Gasteiger partial charge in [0.05, 0.1) is 22.6 Å². The maximum atomic E-state index is 13.4. The molecule has 1 aromatic heterocycles. The highest BCUT2D eigenvalue weighted by atomic mass is 35.5. The molecule has 222 valence electrons. The Morgan fingerprint density at radius 2 is 1.90 bits per heavy atom. The lowest BCUT2D eigenvalue weighted by molar-refractivity contribution is -0.120. The van der Waals surface area contributed by atoms with Crippen LogP contribution in [0.3, 0.4) is 0 Å². The molecule has 3 aromatic rings. The maximum Gasteiger partial charge on any atom is 0.256 e. The summed E-state index contributed by atoms with van der Waals surface area (Å²) in [6.45, 7) is 5.87. The third kappa shape index (κ3) is 6.41. The average Bonchev–Trinajstić information content (AvgIpc) is 3.57. The van der Waals surface area contributed by atoms with Crippen LogP contribution >= 0.6 is 23.2 Å². The number of aromatic amines is 1. The van der Waals surface area contributed by atoms with Crippen LogP contribution in [-0.4, -0.2) is 62.5 Å². The molecule has 1 unspecified atom stereocenters. The first-order chi connectivity index (χ1) is 19.9. The van der Waals surface area contributed by atoms with Gasteiger partial charge in [-0.05, 0) is 67.8 Å². The zero-order valence-electron chi connectivity index (χ0n) is 23.2. The van der Waals surface area contributed by atoms with Gasteiger partial charge in [-0.2, -0.15) is 0 Å². The average molecular weight is 634 g/mol. The van der Waals surface area contributed by atoms with Gasteiger partial charge in [0.2, 0.25) is 5.91 Å². The van der Waals surface area contributed by atoms with Gasteiger partial charge in [-0.25, -0.2) is 12.8 Å². The molecule has 42 heavy (non-hydrogen) atoms. The molecule has 0 spiro atoms. The van der Waals surface area contributed by atoms with Crippen molar-refractivity contribution < 1.29 is 22.4 Å². The summed E-state index contributed by atoms with van der Waals surface area (Å²) < 4.78 is 40.0. The molecule has 1 atom stereocenters. The second-order valence-electron chi connectivity index (χ2n) is 10.7. The first-order valence-corrected chi connectivity index (χ1v) is 16.0. The number of H-pyrrole nitrogens is 1. The minimum absolute atomic E-state index is 0.0346. The van der Waals surface area contributed by atoms with Crippen LogP contribution in [0.5, 0.6) is 0 Å². The summed E-state index contributed by atoms with van der Waals surface area (Å²) in [5.74, 6) is -0.899. The quantitative estimate of drug-likeness (QED) is 0.284. The zero-order chi connectivity index (χ0) is 30.2. The molecule has 5 rings (SSSR count). The second kappa shape index (κ2) is 12.2. The summed E-state index contributed by atoms with van der Waals surface area (Å²) in [5.41, 5.74) is 4.63. The topological polar surface area (TPSA) is 111 Å². The van der Waals surface area contributed by atoms with Gasteiger partial charge in [0.25, 0.3) is 5.91 Å². The number of rotatable bonds is 9. The van der Waals surface area contributed by atoms with Crippen LogP contribution in [0, 0.1) is 13.8 Å². The molecule has 3 N–H and O–H groups in total. The lowest BCUT2D eigenvalue weighted by atomic mass is 10.0. The number of nitrogens with zero attached hydrogens (tertiary/aromatic N) is 1. The van der Waals surface area contributed by atoms with Gasteiger partial charge in [0.15, 0.2) is 9.84 Å². The minimum Gasteiger partial charge on any atom is -0.359 e. The van der Waals surface area contributed by atoms with E-state index in [9.17, 15) is 22.4 Å². The number of aryl methyl sites for hydroxylation is 1. The van der Waals surface area contributed by atoms with Crippen LogP contribution in [0.1, 0.15) is 40.1 Å². The third-order valence-corrected chi connectivity index (χ3v) is 10.1. The van der Waals surface area contributed by atoms with Gasteiger partial charge in [-0.15, -0.1) is 0 Å². The van der Waals surface area contributed by atoms with Crippen LogP contribution in [0.25, 0.3) is 11.6 Å². The number of fused-ring (bicyclic) bond motifs is 1. The highest BCUT2D eigenvalue weighted by Gasteiger charge is 2.28. The fraction of sp³-hybridized carbons (Fsp3) is 0.333. The number of alkyl halides is 1. The molecule has 2 amide bonds. The van der Waals surface area contributed by atoms with E-state index in [1.54, 1.807) is 30.3 Å². The second-order valence-corrected chi connectivity index (χ2v) is 13.5. The van der Waals surface area contributed by atoms with E-state index < -0.39 is 16.0 Å². The molecule has 0 aliphatic carbocycles. The van der Waals surface area contributed by atoms with Crippen molar-refractivity contribution in [3.63, 3.8) is 0 Å². The maximum absolute atomic E-state index is 13.4. The van der Waals surface area contributed by atoms with Crippen molar-refractivity contribution in [2.24, 2.45) is 0 Å². The predicted octanol–water partition coefficient (Wildman–Crippen LogP) is 5.11. The number of aromatic nitrogens is 1. The van der Waals surface area contributed by atoms with Crippen molar-refractivity contribution in [3.05, 3.63) is 80.1 Å². The summed E-state index contributed by atoms with van der Waals surface area (Å²) in [7, 11) is -3.84. The summed E-state index contributed by atoms with van der Waals surface area (Å²) in [5, 5.41) is 6.21. The standard InChI is InChI=1S/C30H31Cl2FN4O4S/c1-17-21(14-29(38)34-9-11-37-10-8-19(33)15-37)18(2)35-28(17)13-23-22-12-20(6-7-27(22)36-30(23)39)42(40,41)16-24-25(31)4-3-5-26(24)32/h3-7,12-13,19,35H,8-11,14-16H2,1-2H3,(H,34,38)(H,36,39). The molecule has 12 heteroatoms. The number of amides is 2. The molecule has 0 bridgehead atoms. The number of anilines is 1. The molecule has 1 saturated heterocycles. The third-order valence-electron chi connectivity index (χ3n) is 7.75. The lowest BCUT2D eigenvalue weighted by Crippen LogP contribution is -2.34. The van der Waals surface area contributed by atoms with E-state index in [1.165, 1.54) is 12.1 Å². The van der Waals surface area contributed by atoms with Crippen molar-refractivity contribution in [1.29, 1.82) is 0 Å². The van der Waals surface area contributed by atoms with Crippen molar-refractivity contribution in [1.82, 2.24) is 15.2 Å². The van der Waals surface area contributed by atoms with E-state index in [4.69, 9.17) is 23.2 Å². The van der Waals surface area contributed by atoms with Crippen LogP contribution < -0.4 is 10.6 Å². The first kappa shape index (κ1) is 30.3. The Kier molecular flexibility index (Phi) is 8.80. The van der Waals surface area contributed by atoms with Crippen molar-refractivity contribution in [2.45, 2.75) is 43.5 Å². The molecule has 0 radical (unpaired) electrons. The van der Waals surface area contributed by atoms with Gasteiger partial charge >= 0.3 is 0 Å². The van der Waals surface area contributed by atoms with Gasteiger partial charge in [-0.3, -0.25) is 14.5 Å². The van der Waals surface area contributed by atoms with Gasteiger partial charge in [-0.1, -0.05) is 29.3 Å². The summed E-state index contributed by atoms with van der Waals surface area (Å²) >= 11 is 12.4. The van der Waals surface area contributed by atoms with E-state index >= 15 is 0 Å². The molecule has 8 nitrogen and oxygen atoms in total. The molecule has 1 fully saturated rings. The summed E-state index contributed by atoms with van der Waals surface area (Å²) in [6, 6.07) is 9.30. The molecule has 2 aromatic carbocycles. The van der Waals surface area contributed by atoms with E-state index in [-0.39, 0.29) is 38.9 Å². The number of nitrogens with one attached hydrogen (secondary N) is 3. The SMILES string of the molecule is Cc1[nH]c(C=C2C(=O)Nc3ccc(S(=O)(=O)Cc4c(Cl)cccc4Cl)cc32)c(C)c1CC(=O)NCCN1CCC(F)C1. The van der Waals surface area contributed by atoms with E-state index in [2.05, 4.69) is 15.6 Å². The number of benzene rings is 2. The Hall–Kier alpha value is -3.18. The van der Waals surface area contributed by atoms with Crippen LogP contribution in [0.15, 0.2) is 41.3 Å². The van der Waals surface area contributed by atoms with Crippen LogP contribution in [0.2, 0.25) is 10.0 Å². The number of carbonyl (C=O) groups is 2. The Labute approximate surface area is 254 Å². The molecular weight excluding hydrogens is 602 g/mol. The monoisotopic (exact) mass is 632 g/mol.